The van der Waals surface area contributed by atoms with Gasteiger partial charge in [0.25, 0.3) is 0 Å². The third-order valence-electron chi connectivity index (χ3n) is 1.97. The second kappa shape index (κ2) is 10.9. The van der Waals surface area contributed by atoms with Crippen LogP contribution in [0.2, 0.25) is 0 Å². The maximum absolute atomic E-state index is 5.51. The average molecular weight is 204 g/mol. The lowest BCUT2D eigenvalue weighted by Crippen LogP contribution is -2.33. The summed E-state index contributed by atoms with van der Waals surface area (Å²) < 4.78 is 10.3. The van der Waals surface area contributed by atoms with Crippen LogP contribution in [-0.2, 0) is 9.47 Å². The zero-order valence-corrected chi connectivity index (χ0v) is 9.50. The lowest BCUT2D eigenvalue weighted by molar-refractivity contribution is 0.0576. The van der Waals surface area contributed by atoms with Crippen LogP contribution in [0.15, 0.2) is 0 Å². The summed E-state index contributed by atoms with van der Waals surface area (Å²) in [6.45, 7) is 8.04. The third-order valence-corrected chi connectivity index (χ3v) is 1.97. The Kier molecular flexibility index (Phi) is 10.8. The van der Waals surface area contributed by atoms with E-state index in [9.17, 15) is 0 Å². The SMILES string of the molecule is CCCN(CCN)CCOCCOC. The molecule has 0 fully saturated rings. The highest BCUT2D eigenvalue weighted by atomic mass is 16.5. The molecule has 0 aliphatic rings. The lowest BCUT2D eigenvalue weighted by Gasteiger charge is -2.20. The Bertz CT molecular complexity index is 106. The molecular weight excluding hydrogens is 180 g/mol. The highest BCUT2D eigenvalue weighted by Gasteiger charge is 2.01. The van der Waals surface area contributed by atoms with Gasteiger partial charge in [-0.2, -0.15) is 0 Å². The molecule has 0 aliphatic carbocycles. The Morgan fingerprint density at radius 3 is 2.43 bits per heavy atom. The van der Waals surface area contributed by atoms with E-state index in [4.69, 9.17) is 15.2 Å². The fourth-order valence-electron chi connectivity index (χ4n) is 1.27. The van der Waals surface area contributed by atoms with Gasteiger partial charge < -0.3 is 15.2 Å². The molecule has 14 heavy (non-hydrogen) atoms. The van der Waals surface area contributed by atoms with E-state index in [1.165, 1.54) is 0 Å². The van der Waals surface area contributed by atoms with Crippen LogP contribution in [0.3, 0.4) is 0 Å². The van der Waals surface area contributed by atoms with Gasteiger partial charge in [0.1, 0.15) is 0 Å². The molecule has 0 aromatic carbocycles. The van der Waals surface area contributed by atoms with Crippen LogP contribution in [0.1, 0.15) is 13.3 Å². The fourth-order valence-corrected chi connectivity index (χ4v) is 1.27. The Labute approximate surface area is 87.4 Å². The van der Waals surface area contributed by atoms with Gasteiger partial charge in [0.15, 0.2) is 0 Å². The zero-order chi connectivity index (χ0) is 10.6. The highest BCUT2D eigenvalue weighted by Crippen LogP contribution is 1.90. The van der Waals surface area contributed by atoms with Crippen LogP contribution in [0.5, 0.6) is 0 Å². The number of ether oxygens (including phenoxy) is 2. The van der Waals surface area contributed by atoms with Crippen LogP contribution >= 0.6 is 0 Å². The molecule has 4 heteroatoms. The van der Waals surface area contributed by atoms with Crippen LogP contribution in [0.4, 0.5) is 0 Å². The molecule has 0 saturated heterocycles. The van der Waals surface area contributed by atoms with Gasteiger partial charge in [-0.25, -0.2) is 0 Å². The number of hydrogen-bond donors (Lipinski definition) is 1. The summed E-state index contributed by atoms with van der Waals surface area (Å²) in [6.07, 6.45) is 1.16. The number of nitrogens with two attached hydrogens (primary N) is 1. The minimum atomic E-state index is 0.671. The first kappa shape index (κ1) is 13.8. The van der Waals surface area contributed by atoms with E-state index in [-0.39, 0.29) is 0 Å². The first-order valence-electron chi connectivity index (χ1n) is 5.34. The number of methoxy groups -OCH3 is 1. The molecule has 0 unspecified atom stereocenters. The molecule has 0 bridgehead atoms. The van der Waals surface area contributed by atoms with Crippen molar-refractivity contribution in [1.82, 2.24) is 4.90 Å². The summed E-state index contributed by atoms with van der Waals surface area (Å²) in [6, 6.07) is 0. The zero-order valence-electron chi connectivity index (χ0n) is 9.50. The molecule has 86 valence electrons. The molecule has 0 aliphatic heterocycles. The van der Waals surface area contributed by atoms with Crippen molar-refractivity contribution in [2.45, 2.75) is 13.3 Å². The molecule has 0 rings (SSSR count). The van der Waals surface area contributed by atoms with E-state index < -0.39 is 0 Å². The summed E-state index contributed by atoms with van der Waals surface area (Å²) >= 11 is 0. The molecule has 0 aromatic rings. The predicted molar refractivity (Wildman–Crippen MR) is 58.5 cm³/mol. The minimum absolute atomic E-state index is 0.671. The summed E-state index contributed by atoms with van der Waals surface area (Å²) in [7, 11) is 1.68. The van der Waals surface area contributed by atoms with Crippen LogP contribution in [-0.4, -0.2) is 58.0 Å². The van der Waals surface area contributed by atoms with Gasteiger partial charge in [-0.1, -0.05) is 6.92 Å². The standard InChI is InChI=1S/C10H24N2O2/c1-3-5-12(6-4-11)7-8-14-10-9-13-2/h3-11H2,1-2H3. The van der Waals surface area contributed by atoms with Crippen LogP contribution in [0.25, 0.3) is 0 Å². The molecule has 0 spiro atoms. The molecular formula is C10H24N2O2. The van der Waals surface area contributed by atoms with Crippen molar-refractivity contribution in [3.8, 4) is 0 Å². The third kappa shape index (κ3) is 8.44. The topological polar surface area (TPSA) is 47.7 Å². The summed E-state index contributed by atoms with van der Waals surface area (Å²) in [4.78, 5) is 2.33. The maximum atomic E-state index is 5.51. The second-order valence-electron chi connectivity index (χ2n) is 3.24. The molecule has 0 amide bonds. The predicted octanol–water partition coefficient (Wildman–Crippen LogP) is 0.320. The summed E-state index contributed by atoms with van der Waals surface area (Å²) in [5.41, 5.74) is 5.51. The molecule has 0 aromatic heterocycles. The second-order valence-corrected chi connectivity index (χ2v) is 3.24. The Hall–Kier alpha value is -0.160. The van der Waals surface area contributed by atoms with E-state index in [0.717, 1.165) is 39.2 Å². The van der Waals surface area contributed by atoms with E-state index >= 15 is 0 Å². The monoisotopic (exact) mass is 204 g/mol. The first-order valence-corrected chi connectivity index (χ1v) is 5.34. The van der Waals surface area contributed by atoms with Gasteiger partial charge in [-0.3, -0.25) is 4.90 Å². The van der Waals surface area contributed by atoms with Crippen molar-refractivity contribution in [3.63, 3.8) is 0 Å². The summed E-state index contributed by atoms with van der Waals surface area (Å²) in [5.74, 6) is 0. The van der Waals surface area contributed by atoms with Crippen LogP contribution < -0.4 is 5.73 Å². The number of nitrogens with zero attached hydrogens (tertiary/aromatic N) is 1. The van der Waals surface area contributed by atoms with Crippen molar-refractivity contribution < 1.29 is 9.47 Å². The van der Waals surface area contributed by atoms with Crippen molar-refractivity contribution in [2.75, 3.05) is 53.1 Å². The van der Waals surface area contributed by atoms with Crippen molar-refractivity contribution >= 4 is 0 Å². The van der Waals surface area contributed by atoms with Crippen molar-refractivity contribution in [2.24, 2.45) is 5.73 Å². The smallest absolute Gasteiger partial charge is 0.0700 e. The molecule has 0 saturated carbocycles. The van der Waals surface area contributed by atoms with E-state index in [2.05, 4.69) is 11.8 Å². The lowest BCUT2D eigenvalue weighted by atomic mass is 10.4. The normalized spacial score (nSPS) is 11.1. The molecule has 0 heterocycles. The van der Waals surface area contributed by atoms with Gasteiger partial charge in [0.05, 0.1) is 19.8 Å². The van der Waals surface area contributed by atoms with Gasteiger partial charge in [0.2, 0.25) is 0 Å². The molecule has 4 nitrogen and oxygen atoms in total. The number of hydrogen-bond acceptors (Lipinski definition) is 4. The Morgan fingerprint density at radius 1 is 1.07 bits per heavy atom. The van der Waals surface area contributed by atoms with Gasteiger partial charge in [-0.15, -0.1) is 0 Å². The van der Waals surface area contributed by atoms with Gasteiger partial charge in [0, 0.05) is 26.7 Å². The average Bonchev–Trinajstić information content (AvgIpc) is 2.18. The molecule has 0 atom stereocenters. The molecule has 0 radical (unpaired) electrons. The Balaban J connectivity index is 3.30. The fraction of sp³-hybridized carbons (Fsp3) is 1.00. The largest absolute Gasteiger partial charge is 0.382 e. The Morgan fingerprint density at radius 2 is 1.86 bits per heavy atom. The minimum Gasteiger partial charge on any atom is -0.382 e. The quantitative estimate of drug-likeness (QED) is 0.521. The van der Waals surface area contributed by atoms with E-state index in [1.807, 2.05) is 0 Å². The highest BCUT2D eigenvalue weighted by molar-refractivity contribution is 4.56. The number of rotatable bonds is 10. The van der Waals surface area contributed by atoms with Gasteiger partial charge >= 0.3 is 0 Å². The van der Waals surface area contributed by atoms with Crippen LogP contribution in [0, 0.1) is 0 Å². The van der Waals surface area contributed by atoms with E-state index in [1.54, 1.807) is 7.11 Å². The maximum Gasteiger partial charge on any atom is 0.0700 e. The van der Waals surface area contributed by atoms with Gasteiger partial charge in [-0.05, 0) is 13.0 Å². The first-order chi connectivity index (χ1) is 6.85. The molecule has 2 N–H and O–H groups in total. The summed E-state index contributed by atoms with van der Waals surface area (Å²) in [5, 5.41) is 0. The van der Waals surface area contributed by atoms with Crippen molar-refractivity contribution in [1.29, 1.82) is 0 Å². The van der Waals surface area contributed by atoms with Crippen molar-refractivity contribution in [3.05, 3.63) is 0 Å². The van der Waals surface area contributed by atoms with E-state index in [0.29, 0.717) is 13.2 Å².